The van der Waals surface area contributed by atoms with E-state index in [4.69, 9.17) is 16.1 Å². The number of nitrogens with zero attached hydrogens (tertiary/aromatic N) is 3. The highest BCUT2D eigenvalue weighted by molar-refractivity contribution is 6.31. The smallest absolute Gasteiger partial charge is 0.263 e. The van der Waals surface area contributed by atoms with Gasteiger partial charge in [0, 0.05) is 17.1 Å². The number of rotatable bonds is 4. The summed E-state index contributed by atoms with van der Waals surface area (Å²) in [4.78, 5) is 8.39. The van der Waals surface area contributed by atoms with Crippen LogP contribution in [0.3, 0.4) is 0 Å². The van der Waals surface area contributed by atoms with Crippen molar-refractivity contribution in [2.24, 2.45) is 0 Å². The molecule has 0 saturated carbocycles. The lowest BCUT2D eigenvalue weighted by atomic mass is 10.1. The molecule has 4 aromatic rings. The molecule has 0 aliphatic heterocycles. The molecule has 7 heteroatoms. The second-order valence-electron chi connectivity index (χ2n) is 5.39. The van der Waals surface area contributed by atoms with Crippen molar-refractivity contribution in [1.29, 1.82) is 0 Å². The molecule has 0 saturated heterocycles. The van der Waals surface area contributed by atoms with Gasteiger partial charge in [0.15, 0.2) is 0 Å². The Morgan fingerprint density at radius 2 is 1.84 bits per heavy atom. The monoisotopic (exact) mass is 354 g/mol. The number of anilines is 1. The van der Waals surface area contributed by atoms with E-state index >= 15 is 0 Å². The molecule has 2 aromatic carbocycles. The van der Waals surface area contributed by atoms with Gasteiger partial charge in [-0.1, -0.05) is 35.0 Å². The zero-order valence-electron chi connectivity index (χ0n) is 12.9. The topological polar surface area (TPSA) is 63.8 Å². The molecule has 0 atom stereocenters. The second kappa shape index (κ2) is 6.49. The van der Waals surface area contributed by atoms with Crippen LogP contribution in [0.5, 0.6) is 0 Å². The Morgan fingerprint density at radius 3 is 2.64 bits per heavy atom. The van der Waals surface area contributed by atoms with Crippen LogP contribution in [0.2, 0.25) is 5.02 Å². The maximum absolute atomic E-state index is 13.2. The third-order valence-electron chi connectivity index (χ3n) is 3.79. The molecule has 0 amide bonds. The highest BCUT2D eigenvalue weighted by Gasteiger charge is 2.17. The third kappa shape index (κ3) is 3.04. The Kier molecular flexibility index (Phi) is 4.03. The molecule has 0 spiro atoms. The molecule has 4 rings (SSSR count). The largest absolute Gasteiger partial charge is 0.365 e. The van der Waals surface area contributed by atoms with Crippen LogP contribution in [0.15, 0.2) is 59.4 Å². The average Bonchev–Trinajstić information content (AvgIpc) is 3.06. The molecule has 25 heavy (non-hydrogen) atoms. The summed E-state index contributed by atoms with van der Waals surface area (Å²) in [5.41, 5.74) is 2.57. The van der Waals surface area contributed by atoms with Gasteiger partial charge in [-0.3, -0.25) is 0 Å². The quantitative estimate of drug-likeness (QED) is 0.576. The maximum atomic E-state index is 13.2. The maximum Gasteiger partial charge on any atom is 0.263 e. The van der Waals surface area contributed by atoms with E-state index in [-0.39, 0.29) is 5.82 Å². The first-order valence-corrected chi connectivity index (χ1v) is 7.94. The van der Waals surface area contributed by atoms with Gasteiger partial charge in [0.05, 0.1) is 0 Å². The molecule has 1 N–H and O–H groups in total. The van der Waals surface area contributed by atoms with Crippen LogP contribution in [-0.4, -0.2) is 15.1 Å². The van der Waals surface area contributed by atoms with Crippen molar-refractivity contribution >= 4 is 28.5 Å². The van der Waals surface area contributed by atoms with Gasteiger partial charge in [-0.05, 0) is 35.9 Å². The summed E-state index contributed by atoms with van der Waals surface area (Å²) >= 11 is 6.19. The number of aromatic nitrogens is 3. The summed E-state index contributed by atoms with van der Waals surface area (Å²) in [6.07, 6.45) is 1.40. The van der Waals surface area contributed by atoms with Crippen LogP contribution >= 0.6 is 11.6 Å². The average molecular weight is 355 g/mol. The van der Waals surface area contributed by atoms with Crippen molar-refractivity contribution in [3.63, 3.8) is 0 Å². The van der Waals surface area contributed by atoms with Crippen molar-refractivity contribution < 1.29 is 8.91 Å². The van der Waals surface area contributed by atoms with E-state index in [2.05, 4.69) is 20.4 Å². The van der Waals surface area contributed by atoms with E-state index in [1.54, 1.807) is 12.1 Å². The lowest BCUT2D eigenvalue weighted by Gasteiger charge is -2.08. The standard InChI is InChI=1S/C18H12ClFN4O/c19-14-4-2-1-3-12(14)9-21-17-15-16(11-5-7-13(20)8-6-11)24-25-18(15)23-10-22-17/h1-8,10H,9H2,(H,21,22,23). The van der Waals surface area contributed by atoms with Crippen LogP contribution in [0.1, 0.15) is 5.56 Å². The number of hydrogen-bond donors (Lipinski definition) is 1. The fourth-order valence-electron chi connectivity index (χ4n) is 2.55. The van der Waals surface area contributed by atoms with Crippen molar-refractivity contribution in [3.05, 3.63) is 71.3 Å². The molecule has 2 aromatic heterocycles. The molecule has 0 radical (unpaired) electrons. The first-order chi connectivity index (χ1) is 12.2. The molecule has 124 valence electrons. The van der Waals surface area contributed by atoms with Gasteiger partial charge < -0.3 is 9.84 Å². The van der Waals surface area contributed by atoms with Crippen LogP contribution in [0, 0.1) is 5.82 Å². The summed E-state index contributed by atoms with van der Waals surface area (Å²) in [6, 6.07) is 13.6. The van der Waals surface area contributed by atoms with Gasteiger partial charge in [0.1, 0.15) is 29.0 Å². The first-order valence-electron chi connectivity index (χ1n) is 7.56. The molecule has 0 aliphatic rings. The van der Waals surface area contributed by atoms with E-state index in [1.807, 2.05) is 24.3 Å². The predicted octanol–water partition coefficient (Wildman–Crippen LogP) is 4.69. The molecule has 0 bridgehead atoms. The van der Waals surface area contributed by atoms with Crippen molar-refractivity contribution in [2.75, 3.05) is 5.32 Å². The van der Waals surface area contributed by atoms with Gasteiger partial charge in [-0.15, -0.1) is 0 Å². The summed E-state index contributed by atoms with van der Waals surface area (Å²) < 4.78 is 18.5. The summed E-state index contributed by atoms with van der Waals surface area (Å²) in [7, 11) is 0. The molecule has 0 aliphatic carbocycles. The van der Waals surface area contributed by atoms with Crippen molar-refractivity contribution in [3.8, 4) is 11.3 Å². The molecular formula is C18H12ClFN4O. The zero-order valence-corrected chi connectivity index (χ0v) is 13.7. The highest BCUT2D eigenvalue weighted by atomic mass is 35.5. The van der Waals surface area contributed by atoms with Crippen molar-refractivity contribution in [2.45, 2.75) is 6.54 Å². The van der Waals surface area contributed by atoms with E-state index < -0.39 is 0 Å². The molecule has 2 heterocycles. The van der Waals surface area contributed by atoms with E-state index in [0.717, 1.165) is 11.1 Å². The number of nitrogens with one attached hydrogen (secondary N) is 1. The summed E-state index contributed by atoms with van der Waals surface area (Å²) in [5, 5.41) is 8.62. The number of fused-ring (bicyclic) bond motifs is 1. The fraction of sp³-hybridized carbons (Fsp3) is 0.0556. The van der Waals surface area contributed by atoms with Crippen LogP contribution in [0.4, 0.5) is 10.2 Å². The van der Waals surface area contributed by atoms with Gasteiger partial charge in [-0.2, -0.15) is 4.98 Å². The van der Waals surface area contributed by atoms with Crippen LogP contribution < -0.4 is 5.32 Å². The van der Waals surface area contributed by atoms with E-state index in [1.165, 1.54) is 18.5 Å². The molecule has 0 unspecified atom stereocenters. The Labute approximate surface area is 147 Å². The Bertz CT molecular complexity index is 1030. The SMILES string of the molecule is Fc1ccc(-c2noc3ncnc(NCc4ccccc4Cl)c23)cc1. The highest BCUT2D eigenvalue weighted by Crippen LogP contribution is 2.31. The summed E-state index contributed by atoms with van der Waals surface area (Å²) in [6.45, 7) is 0.486. The number of halogens is 2. The molecule has 5 nitrogen and oxygen atoms in total. The third-order valence-corrected chi connectivity index (χ3v) is 4.16. The minimum Gasteiger partial charge on any atom is -0.365 e. The molecular weight excluding hydrogens is 343 g/mol. The minimum absolute atomic E-state index is 0.315. The predicted molar refractivity (Wildman–Crippen MR) is 93.8 cm³/mol. The van der Waals surface area contributed by atoms with Crippen molar-refractivity contribution in [1.82, 2.24) is 15.1 Å². The van der Waals surface area contributed by atoms with Crippen LogP contribution in [-0.2, 0) is 6.54 Å². The first kappa shape index (κ1) is 15.5. The molecule has 0 fully saturated rings. The minimum atomic E-state index is -0.315. The Morgan fingerprint density at radius 1 is 1.04 bits per heavy atom. The normalized spacial score (nSPS) is 11.0. The van der Waals surface area contributed by atoms with Crippen LogP contribution in [0.25, 0.3) is 22.4 Å². The van der Waals surface area contributed by atoms with E-state index in [0.29, 0.717) is 34.2 Å². The number of benzene rings is 2. The number of hydrogen-bond acceptors (Lipinski definition) is 5. The van der Waals surface area contributed by atoms with Gasteiger partial charge in [0.2, 0.25) is 0 Å². The summed E-state index contributed by atoms with van der Waals surface area (Å²) in [5.74, 6) is 0.260. The second-order valence-corrected chi connectivity index (χ2v) is 5.79. The lowest BCUT2D eigenvalue weighted by Crippen LogP contribution is -2.03. The zero-order chi connectivity index (χ0) is 17.2. The van der Waals surface area contributed by atoms with Gasteiger partial charge in [0.25, 0.3) is 5.71 Å². The Hall–Kier alpha value is -2.99. The van der Waals surface area contributed by atoms with E-state index in [9.17, 15) is 4.39 Å². The van der Waals surface area contributed by atoms with Gasteiger partial charge in [-0.25, -0.2) is 9.37 Å². The fourth-order valence-corrected chi connectivity index (χ4v) is 2.75. The Balaban J connectivity index is 1.73. The lowest BCUT2D eigenvalue weighted by molar-refractivity contribution is 0.451. The van der Waals surface area contributed by atoms with Gasteiger partial charge >= 0.3 is 0 Å².